The van der Waals surface area contributed by atoms with E-state index in [1.807, 2.05) is 19.9 Å². The van der Waals surface area contributed by atoms with E-state index in [2.05, 4.69) is 5.32 Å². The zero-order valence-corrected chi connectivity index (χ0v) is 25.7. The summed E-state index contributed by atoms with van der Waals surface area (Å²) in [5, 5.41) is 3.46. The van der Waals surface area contributed by atoms with Crippen molar-refractivity contribution in [2.24, 2.45) is 0 Å². The lowest BCUT2D eigenvalue weighted by atomic mass is 10.1. The van der Waals surface area contributed by atoms with Crippen LogP contribution in [0, 0.1) is 20.8 Å². The summed E-state index contributed by atoms with van der Waals surface area (Å²) in [6.07, 6.45) is 0.300. The molecule has 1 N–H and O–H groups in total. The van der Waals surface area contributed by atoms with Crippen molar-refractivity contribution in [2.45, 2.75) is 58.5 Å². The standard InChI is InChI=1S/C30H35Cl2N3O4S/c1-6-27(30(37)33-7-2)34(18-24-25(31)9-8-10-26(24)32)29(36)19-35(28-16-13-21(4)17-22(28)5)40(38,39)23-14-11-20(3)12-15-23/h8-17,27H,6-7,18-19H2,1-5H3,(H,33,37)/t27-/m0/s1. The molecule has 214 valence electrons. The fourth-order valence-corrected chi connectivity index (χ4v) is 6.50. The van der Waals surface area contributed by atoms with Gasteiger partial charge in [-0.1, -0.05) is 71.6 Å². The minimum absolute atomic E-state index is 0.0577. The highest BCUT2D eigenvalue weighted by molar-refractivity contribution is 7.92. The molecule has 0 heterocycles. The van der Waals surface area contributed by atoms with Crippen LogP contribution in [0.3, 0.4) is 0 Å². The molecular formula is C30H35Cl2N3O4S. The molecule has 0 spiro atoms. The number of hydrogen-bond donors (Lipinski definition) is 1. The first-order valence-electron chi connectivity index (χ1n) is 13.1. The molecule has 2 amide bonds. The van der Waals surface area contributed by atoms with E-state index in [1.165, 1.54) is 17.0 Å². The summed E-state index contributed by atoms with van der Waals surface area (Å²) < 4.78 is 29.1. The second-order valence-corrected chi connectivity index (χ2v) is 12.3. The van der Waals surface area contributed by atoms with E-state index in [0.717, 1.165) is 15.4 Å². The second kappa shape index (κ2) is 13.5. The van der Waals surface area contributed by atoms with Crippen LogP contribution in [0.15, 0.2) is 65.6 Å². The highest BCUT2D eigenvalue weighted by Gasteiger charge is 2.34. The van der Waals surface area contributed by atoms with Crippen LogP contribution in [0.5, 0.6) is 0 Å². The monoisotopic (exact) mass is 603 g/mol. The molecule has 0 aliphatic carbocycles. The predicted molar refractivity (Wildman–Crippen MR) is 161 cm³/mol. The van der Waals surface area contributed by atoms with Crippen LogP contribution in [-0.2, 0) is 26.2 Å². The van der Waals surface area contributed by atoms with Crippen molar-refractivity contribution < 1.29 is 18.0 Å². The molecule has 0 aliphatic heterocycles. The molecular weight excluding hydrogens is 569 g/mol. The Morgan fingerprint density at radius 2 is 1.50 bits per heavy atom. The number of amides is 2. The molecule has 0 unspecified atom stereocenters. The Kier molecular flexibility index (Phi) is 10.6. The van der Waals surface area contributed by atoms with Crippen molar-refractivity contribution >= 4 is 50.7 Å². The largest absolute Gasteiger partial charge is 0.355 e. The van der Waals surface area contributed by atoms with Gasteiger partial charge in [0.1, 0.15) is 12.6 Å². The Hall–Kier alpha value is -3.07. The maximum atomic E-state index is 14.1. The van der Waals surface area contributed by atoms with Crippen molar-refractivity contribution in [3.8, 4) is 0 Å². The van der Waals surface area contributed by atoms with Crippen LogP contribution < -0.4 is 9.62 Å². The summed E-state index contributed by atoms with van der Waals surface area (Å²) in [6, 6.07) is 16.0. The lowest BCUT2D eigenvalue weighted by Crippen LogP contribution is -2.52. The van der Waals surface area contributed by atoms with Crippen LogP contribution in [0.4, 0.5) is 5.69 Å². The van der Waals surface area contributed by atoms with Crippen molar-refractivity contribution in [2.75, 3.05) is 17.4 Å². The van der Waals surface area contributed by atoms with E-state index >= 15 is 0 Å². The molecule has 0 aliphatic rings. The number of hydrogen-bond acceptors (Lipinski definition) is 4. The van der Waals surface area contributed by atoms with Crippen LogP contribution in [0.1, 0.15) is 42.5 Å². The normalized spacial score (nSPS) is 12.1. The molecule has 3 aromatic carbocycles. The first-order chi connectivity index (χ1) is 18.9. The highest BCUT2D eigenvalue weighted by Crippen LogP contribution is 2.30. The van der Waals surface area contributed by atoms with Crippen molar-refractivity contribution in [1.29, 1.82) is 0 Å². The van der Waals surface area contributed by atoms with Gasteiger partial charge >= 0.3 is 0 Å². The number of sulfonamides is 1. The highest BCUT2D eigenvalue weighted by atomic mass is 35.5. The molecule has 1 atom stereocenters. The zero-order valence-electron chi connectivity index (χ0n) is 23.4. The Labute approximate surface area is 247 Å². The summed E-state index contributed by atoms with van der Waals surface area (Å²) in [4.78, 5) is 28.6. The number of rotatable bonds is 11. The smallest absolute Gasteiger partial charge is 0.264 e. The van der Waals surface area contributed by atoms with Gasteiger partial charge in [-0.3, -0.25) is 13.9 Å². The average Bonchev–Trinajstić information content (AvgIpc) is 2.89. The zero-order chi connectivity index (χ0) is 29.6. The molecule has 0 bridgehead atoms. The number of nitrogens with zero attached hydrogens (tertiary/aromatic N) is 2. The fourth-order valence-electron chi connectivity index (χ4n) is 4.50. The minimum Gasteiger partial charge on any atom is -0.355 e. The molecule has 0 radical (unpaired) electrons. The van der Waals surface area contributed by atoms with E-state index in [4.69, 9.17) is 23.2 Å². The van der Waals surface area contributed by atoms with Crippen LogP contribution in [-0.4, -0.2) is 44.3 Å². The Morgan fingerprint density at radius 3 is 2.05 bits per heavy atom. The fraction of sp³-hybridized carbons (Fsp3) is 0.333. The van der Waals surface area contributed by atoms with Gasteiger partial charge in [0.25, 0.3) is 10.0 Å². The molecule has 0 saturated heterocycles. The summed E-state index contributed by atoms with van der Waals surface area (Å²) in [5.41, 5.74) is 3.41. The van der Waals surface area contributed by atoms with Gasteiger partial charge in [0.2, 0.25) is 11.8 Å². The van der Waals surface area contributed by atoms with Gasteiger partial charge in [-0.05, 0) is 70.0 Å². The van der Waals surface area contributed by atoms with E-state index in [0.29, 0.717) is 39.8 Å². The number of carbonyl (C=O) groups excluding carboxylic acids is 2. The summed E-state index contributed by atoms with van der Waals surface area (Å²) in [7, 11) is -4.15. The number of anilines is 1. The summed E-state index contributed by atoms with van der Waals surface area (Å²) in [6.45, 7) is 8.93. The van der Waals surface area contributed by atoms with Crippen LogP contribution in [0.25, 0.3) is 0 Å². The van der Waals surface area contributed by atoms with E-state index in [9.17, 15) is 18.0 Å². The maximum absolute atomic E-state index is 14.1. The number of carbonyl (C=O) groups is 2. The lowest BCUT2D eigenvalue weighted by molar-refractivity contribution is -0.140. The van der Waals surface area contributed by atoms with E-state index in [-0.39, 0.29) is 17.3 Å². The lowest BCUT2D eigenvalue weighted by Gasteiger charge is -2.34. The molecule has 40 heavy (non-hydrogen) atoms. The summed E-state index contributed by atoms with van der Waals surface area (Å²) in [5.74, 6) is -0.911. The topological polar surface area (TPSA) is 86.8 Å². The minimum atomic E-state index is -4.15. The number of benzene rings is 3. The van der Waals surface area contributed by atoms with Gasteiger partial charge in [0.05, 0.1) is 10.6 Å². The number of aryl methyl sites for hydroxylation is 3. The van der Waals surface area contributed by atoms with E-state index < -0.39 is 28.5 Å². The molecule has 10 heteroatoms. The van der Waals surface area contributed by atoms with Crippen molar-refractivity contribution in [3.63, 3.8) is 0 Å². The first kappa shape index (κ1) is 31.5. The molecule has 0 saturated carbocycles. The third-order valence-corrected chi connectivity index (χ3v) is 9.12. The Bertz CT molecular complexity index is 1460. The first-order valence-corrected chi connectivity index (χ1v) is 15.3. The Morgan fingerprint density at radius 1 is 0.900 bits per heavy atom. The number of halogens is 2. The molecule has 3 aromatic rings. The number of likely N-dealkylation sites (N-methyl/N-ethyl adjacent to an activating group) is 1. The SMILES string of the molecule is CCNC(=O)[C@H](CC)N(Cc1c(Cl)cccc1Cl)C(=O)CN(c1ccc(C)cc1C)S(=O)(=O)c1ccc(C)cc1. The Balaban J connectivity index is 2.13. The van der Waals surface area contributed by atoms with Gasteiger partial charge < -0.3 is 10.2 Å². The van der Waals surface area contributed by atoms with E-state index in [1.54, 1.807) is 63.2 Å². The van der Waals surface area contributed by atoms with Crippen molar-refractivity contribution in [1.82, 2.24) is 10.2 Å². The van der Waals surface area contributed by atoms with Gasteiger partial charge in [-0.15, -0.1) is 0 Å². The molecule has 3 rings (SSSR count). The van der Waals surface area contributed by atoms with Crippen molar-refractivity contribution in [3.05, 3.63) is 93.0 Å². The van der Waals surface area contributed by atoms with Gasteiger partial charge in [-0.25, -0.2) is 8.42 Å². The third-order valence-electron chi connectivity index (χ3n) is 6.64. The third kappa shape index (κ3) is 7.16. The second-order valence-electron chi connectivity index (χ2n) is 9.66. The molecule has 0 fully saturated rings. The molecule has 7 nitrogen and oxygen atoms in total. The number of nitrogens with one attached hydrogen (secondary N) is 1. The summed E-state index contributed by atoms with van der Waals surface area (Å²) >= 11 is 12.9. The predicted octanol–water partition coefficient (Wildman–Crippen LogP) is 6.06. The average molecular weight is 605 g/mol. The van der Waals surface area contributed by atoms with Crippen LogP contribution >= 0.6 is 23.2 Å². The van der Waals surface area contributed by atoms with Gasteiger partial charge in [-0.2, -0.15) is 0 Å². The van der Waals surface area contributed by atoms with Gasteiger partial charge in [0, 0.05) is 28.7 Å². The van der Waals surface area contributed by atoms with Crippen LogP contribution in [0.2, 0.25) is 10.0 Å². The van der Waals surface area contributed by atoms with Gasteiger partial charge in [0.15, 0.2) is 0 Å². The maximum Gasteiger partial charge on any atom is 0.264 e. The molecule has 0 aromatic heterocycles. The quantitative estimate of drug-likeness (QED) is 0.289.